The fraction of sp³-hybridized carbons (Fsp3) is 0.389. The molecule has 0 saturated heterocycles. The predicted octanol–water partition coefficient (Wildman–Crippen LogP) is 2.88. The molecule has 0 bridgehead atoms. The standard InChI is InChI=1S/C18H20N2O5/c1-2-24-18(22)17-16(19-14(21)11-23-10-12-8-9-12)15(20-25-17)13-6-4-3-5-7-13/h3-7,12H,2,8-11H2,1H3,(H,19,21). The van der Waals surface area contributed by atoms with Crippen LogP contribution >= 0.6 is 0 Å². The first-order valence-electron chi connectivity index (χ1n) is 8.28. The molecule has 3 rings (SSSR count). The van der Waals surface area contributed by atoms with Gasteiger partial charge in [-0.1, -0.05) is 35.5 Å². The average molecular weight is 344 g/mol. The largest absolute Gasteiger partial charge is 0.460 e. The van der Waals surface area contributed by atoms with Crippen molar-refractivity contribution < 1.29 is 23.6 Å². The van der Waals surface area contributed by atoms with E-state index >= 15 is 0 Å². The maximum atomic E-state index is 12.2. The second kappa shape index (κ2) is 7.94. The Morgan fingerprint density at radius 2 is 2.04 bits per heavy atom. The van der Waals surface area contributed by atoms with Gasteiger partial charge in [0.2, 0.25) is 0 Å². The number of anilines is 1. The molecule has 1 aliphatic carbocycles. The van der Waals surface area contributed by atoms with Gasteiger partial charge in [-0.05, 0) is 25.7 Å². The molecule has 25 heavy (non-hydrogen) atoms. The third kappa shape index (κ3) is 4.45. The molecule has 0 radical (unpaired) electrons. The van der Waals surface area contributed by atoms with E-state index in [-0.39, 0.29) is 30.6 Å². The lowest BCUT2D eigenvalue weighted by Gasteiger charge is -2.07. The van der Waals surface area contributed by atoms with E-state index in [1.54, 1.807) is 6.92 Å². The van der Waals surface area contributed by atoms with Gasteiger partial charge in [0.15, 0.2) is 0 Å². The quantitative estimate of drug-likeness (QED) is 0.741. The van der Waals surface area contributed by atoms with Crippen molar-refractivity contribution in [2.24, 2.45) is 5.92 Å². The second-order valence-electron chi connectivity index (χ2n) is 5.83. The Kier molecular flexibility index (Phi) is 5.45. The summed E-state index contributed by atoms with van der Waals surface area (Å²) in [6.45, 7) is 2.37. The molecule has 1 saturated carbocycles. The van der Waals surface area contributed by atoms with Crippen LogP contribution in [0.25, 0.3) is 11.3 Å². The molecule has 1 aromatic carbocycles. The van der Waals surface area contributed by atoms with Crippen molar-refractivity contribution in [3.63, 3.8) is 0 Å². The molecule has 1 amide bonds. The molecule has 1 fully saturated rings. The zero-order valence-corrected chi connectivity index (χ0v) is 14.0. The van der Waals surface area contributed by atoms with Crippen LogP contribution in [-0.4, -0.2) is 36.9 Å². The molecule has 2 aromatic rings. The van der Waals surface area contributed by atoms with Crippen LogP contribution in [0.5, 0.6) is 0 Å². The summed E-state index contributed by atoms with van der Waals surface area (Å²) in [6, 6.07) is 9.15. The number of ether oxygens (including phenoxy) is 2. The van der Waals surface area contributed by atoms with E-state index in [2.05, 4.69) is 10.5 Å². The molecular formula is C18H20N2O5. The topological polar surface area (TPSA) is 90.7 Å². The van der Waals surface area contributed by atoms with Gasteiger partial charge < -0.3 is 19.3 Å². The number of hydrogen-bond acceptors (Lipinski definition) is 6. The zero-order chi connectivity index (χ0) is 17.6. The van der Waals surface area contributed by atoms with Crippen molar-refractivity contribution in [2.45, 2.75) is 19.8 Å². The minimum absolute atomic E-state index is 0.0851. The molecular weight excluding hydrogens is 324 g/mol. The molecule has 1 aromatic heterocycles. The molecule has 0 spiro atoms. The number of benzene rings is 1. The lowest BCUT2D eigenvalue weighted by atomic mass is 10.1. The van der Waals surface area contributed by atoms with Crippen molar-refractivity contribution >= 4 is 17.6 Å². The molecule has 1 N–H and O–H groups in total. The number of rotatable bonds is 8. The molecule has 1 heterocycles. The monoisotopic (exact) mass is 344 g/mol. The maximum Gasteiger partial charge on any atom is 0.379 e. The smallest absolute Gasteiger partial charge is 0.379 e. The van der Waals surface area contributed by atoms with E-state index in [9.17, 15) is 9.59 Å². The highest BCUT2D eigenvalue weighted by atomic mass is 16.6. The Bertz CT molecular complexity index is 737. The van der Waals surface area contributed by atoms with Crippen LogP contribution in [-0.2, 0) is 14.3 Å². The Morgan fingerprint density at radius 1 is 1.28 bits per heavy atom. The second-order valence-corrected chi connectivity index (χ2v) is 5.83. The van der Waals surface area contributed by atoms with Gasteiger partial charge in [0.1, 0.15) is 18.0 Å². The molecule has 1 aliphatic rings. The molecule has 7 heteroatoms. The molecule has 0 aliphatic heterocycles. The fourth-order valence-corrected chi connectivity index (χ4v) is 2.31. The van der Waals surface area contributed by atoms with Crippen molar-refractivity contribution in [3.05, 3.63) is 36.1 Å². The number of carbonyl (C=O) groups is 2. The number of nitrogens with one attached hydrogen (secondary N) is 1. The van der Waals surface area contributed by atoms with Gasteiger partial charge in [-0.15, -0.1) is 0 Å². The van der Waals surface area contributed by atoms with Crippen LogP contribution in [0.2, 0.25) is 0 Å². The molecule has 0 unspecified atom stereocenters. The van der Waals surface area contributed by atoms with Gasteiger partial charge in [-0.3, -0.25) is 4.79 Å². The van der Waals surface area contributed by atoms with Gasteiger partial charge in [0.25, 0.3) is 11.7 Å². The summed E-state index contributed by atoms with van der Waals surface area (Å²) in [5.74, 6) is -0.604. The molecule has 0 atom stereocenters. The van der Waals surface area contributed by atoms with Crippen LogP contribution in [0.1, 0.15) is 30.3 Å². The van der Waals surface area contributed by atoms with Gasteiger partial charge >= 0.3 is 5.97 Å². The number of hydrogen-bond donors (Lipinski definition) is 1. The number of amides is 1. The van der Waals surface area contributed by atoms with E-state index in [1.807, 2.05) is 30.3 Å². The van der Waals surface area contributed by atoms with Crippen LogP contribution in [0, 0.1) is 5.92 Å². The average Bonchev–Trinajstić information content (AvgIpc) is 3.34. The molecule has 132 valence electrons. The van der Waals surface area contributed by atoms with Gasteiger partial charge in [0.05, 0.1) is 13.2 Å². The summed E-state index contributed by atoms with van der Waals surface area (Å²) in [6.07, 6.45) is 2.30. The SMILES string of the molecule is CCOC(=O)c1onc(-c2ccccc2)c1NC(=O)COCC1CC1. The first-order valence-corrected chi connectivity index (χ1v) is 8.28. The van der Waals surface area contributed by atoms with Crippen LogP contribution in [0.4, 0.5) is 5.69 Å². The first-order chi connectivity index (χ1) is 12.2. The van der Waals surface area contributed by atoms with Crippen molar-refractivity contribution in [3.8, 4) is 11.3 Å². The number of esters is 1. The summed E-state index contributed by atoms with van der Waals surface area (Å²) in [7, 11) is 0. The van der Waals surface area contributed by atoms with Crippen molar-refractivity contribution in [2.75, 3.05) is 25.1 Å². The third-order valence-electron chi connectivity index (χ3n) is 3.75. The predicted molar refractivity (Wildman–Crippen MR) is 90.1 cm³/mol. The number of carbonyl (C=O) groups excluding carboxylic acids is 2. The lowest BCUT2D eigenvalue weighted by molar-refractivity contribution is -0.120. The Labute approximate surface area is 145 Å². The highest BCUT2D eigenvalue weighted by molar-refractivity contribution is 6.03. The highest BCUT2D eigenvalue weighted by Crippen LogP contribution is 2.31. The summed E-state index contributed by atoms with van der Waals surface area (Å²) in [4.78, 5) is 24.2. The summed E-state index contributed by atoms with van der Waals surface area (Å²) in [5, 5.41) is 6.60. The normalized spacial score (nSPS) is 13.5. The summed E-state index contributed by atoms with van der Waals surface area (Å²) < 4.78 is 15.5. The van der Waals surface area contributed by atoms with Gasteiger partial charge in [0, 0.05) is 5.56 Å². The minimum Gasteiger partial charge on any atom is -0.460 e. The highest BCUT2D eigenvalue weighted by Gasteiger charge is 2.26. The summed E-state index contributed by atoms with van der Waals surface area (Å²) in [5.41, 5.74) is 1.29. The Balaban J connectivity index is 1.78. The zero-order valence-electron chi connectivity index (χ0n) is 14.0. The van der Waals surface area contributed by atoms with E-state index in [0.717, 1.165) is 18.4 Å². The lowest BCUT2D eigenvalue weighted by Crippen LogP contribution is -2.20. The Morgan fingerprint density at radius 3 is 2.72 bits per heavy atom. The number of aromatic nitrogens is 1. The molecule has 7 nitrogen and oxygen atoms in total. The van der Waals surface area contributed by atoms with E-state index < -0.39 is 5.97 Å². The number of nitrogens with zero attached hydrogens (tertiary/aromatic N) is 1. The Hall–Kier alpha value is -2.67. The van der Waals surface area contributed by atoms with E-state index in [4.69, 9.17) is 14.0 Å². The third-order valence-corrected chi connectivity index (χ3v) is 3.75. The van der Waals surface area contributed by atoms with Crippen LogP contribution in [0.15, 0.2) is 34.9 Å². The summed E-state index contributed by atoms with van der Waals surface area (Å²) >= 11 is 0. The van der Waals surface area contributed by atoms with Crippen LogP contribution < -0.4 is 5.32 Å². The van der Waals surface area contributed by atoms with Crippen LogP contribution in [0.3, 0.4) is 0 Å². The maximum absolute atomic E-state index is 12.2. The van der Waals surface area contributed by atoms with E-state index in [0.29, 0.717) is 18.2 Å². The first kappa shape index (κ1) is 17.2. The van der Waals surface area contributed by atoms with Crippen molar-refractivity contribution in [1.29, 1.82) is 0 Å². The minimum atomic E-state index is -0.675. The van der Waals surface area contributed by atoms with Gasteiger partial charge in [-0.25, -0.2) is 4.79 Å². The van der Waals surface area contributed by atoms with E-state index in [1.165, 1.54) is 0 Å². The van der Waals surface area contributed by atoms with Crippen molar-refractivity contribution in [1.82, 2.24) is 5.16 Å². The van der Waals surface area contributed by atoms with Gasteiger partial charge in [-0.2, -0.15) is 0 Å². The fourth-order valence-electron chi connectivity index (χ4n) is 2.31.